The van der Waals surface area contributed by atoms with Crippen molar-refractivity contribution in [2.24, 2.45) is 5.10 Å². The highest BCUT2D eigenvalue weighted by Gasteiger charge is 2.12. The number of ether oxygens (including phenoxy) is 1. The number of aromatic nitrogens is 1. The van der Waals surface area contributed by atoms with E-state index in [1.807, 2.05) is 19.9 Å². The molecule has 1 aromatic carbocycles. The number of anilines is 1. The second-order valence-electron chi connectivity index (χ2n) is 5.20. The number of benzene rings is 1. The average molecular weight is 343 g/mol. The number of fused-ring (bicyclic) bond motifs is 1. The van der Waals surface area contributed by atoms with Gasteiger partial charge < -0.3 is 9.15 Å². The van der Waals surface area contributed by atoms with Crippen LogP contribution in [0.25, 0.3) is 22.2 Å². The molecule has 3 rings (SSSR count). The number of methoxy groups -OCH3 is 1. The maximum absolute atomic E-state index is 12.2. The summed E-state index contributed by atoms with van der Waals surface area (Å²) in [7, 11) is 1.60. The van der Waals surface area contributed by atoms with Gasteiger partial charge in [-0.3, -0.25) is 5.43 Å². The lowest BCUT2D eigenvalue weighted by atomic mass is 10.1. The first-order chi connectivity index (χ1) is 11.6. The Labute approximate surface area is 142 Å². The van der Waals surface area contributed by atoms with Crippen LogP contribution in [0.3, 0.4) is 0 Å². The van der Waals surface area contributed by atoms with Crippen molar-refractivity contribution in [1.82, 2.24) is 4.98 Å². The third kappa shape index (κ3) is 3.30. The second kappa shape index (κ2) is 6.84. The van der Waals surface area contributed by atoms with Crippen molar-refractivity contribution in [3.8, 4) is 17.0 Å². The number of nitrogens with zero attached hydrogens (tertiary/aromatic N) is 2. The minimum absolute atomic E-state index is 0.413. The van der Waals surface area contributed by atoms with Crippen molar-refractivity contribution in [3.05, 3.63) is 40.1 Å². The van der Waals surface area contributed by atoms with Crippen LogP contribution in [0, 0.1) is 0 Å². The van der Waals surface area contributed by atoms with E-state index in [4.69, 9.17) is 9.15 Å². The van der Waals surface area contributed by atoms with Crippen LogP contribution in [0.2, 0.25) is 0 Å². The van der Waals surface area contributed by atoms with Crippen LogP contribution in [0.4, 0.5) is 5.13 Å². The Bertz CT molecular complexity index is 959. The molecular weight excluding hydrogens is 326 g/mol. The Morgan fingerprint density at radius 2 is 2.25 bits per heavy atom. The number of hydrogen-bond donors (Lipinski definition) is 1. The molecule has 6 nitrogen and oxygen atoms in total. The molecule has 0 spiro atoms. The summed E-state index contributed by atoms with van der Waals surface area (Å²) in [4.78, 5) is 16.6. The van der Waals surface area contributed by atoms with Gasteiger partial charge in [0.15, 0.2) is 0 Å². The first-order valence-corrected chi connectivity index (χ1v) is 8.35. The van der Waals surface area contributed by atoms with Gasteiger partial charge in [-0.2, -0.15) is 5.10 Å². The summed E-state index contributed by atoms with van der Waals surface area (Å²) in [6.07, 6.45) is 0.862. The van der Waals surface area contributed by atoms with E-state index in [2.05, 4.69) is 15.5 Å². The van der Waals surface area contributed by atoms with Crippen LogP contribution < -0.4 is 15.8 Å². The van der Waals surface area contributed by atoms with Gasteiger partial charge >= 0.3 is 5.63 Å². The lowest BCUT2D eigenvalue weighted by molar-refractivity contribution is 0.415. The smallest absolute Gasteiger partial charge is 0.345 e. The third-order valence-corrected chi connectivity index (χ3v) is 4.32. The van der Waals surface area contributed by atoms with Crippen molar-refractivity contribution < 1.29 is 9.15 Å². The molecule has 0 unspecified atom stereocenters. The van der Waals surface area contributed by atoms with Gasteiger partial charge in [0, 0.05) is 16.5 Å². The van der Waals surface area contributed by atoms with Crippen LogP contribution in [0.15, 0.2) is 44.0 Å². The number of hydrazone groups is 1. The normalized spacial score (nSPS) is 11.7. The van der Waals surface area contributed by atoms with Gasteiger partial charge in [0.25, 0.3) is 0 Å². The van der Waals surface area contributed by atoms with Crippen LogP contribution in [0.5, 0.6) is 5.75 Å². The van der Waals surface area contributed by atoms with Gasteiger partial charge in [-0.15, -0.1) is 11.3 Å². The van der Waals surface area contributed by atoms with E-state index in [0.717, 1.165) is 17.5 Å². The van der Waals surface area contributed by atoms with E-state index in [-0.39, 0.29) is 0 Å². The molecule has 0 aliphatic rings. The Balaban J connectivity index is 1.98. The predicted molar refractivity (Wildman–Crippen MR) is 97.2 cm³/mol. The molecule has 0 fully saturated rings. The topological polar surface area (TPSA) is 76.7 Å². The highest BCUT2D eigenvalue weighted by atomic mass is 32.1. The van der Waals surface area contributed by atoms with Gasteiger partial charge in [-0.05, 0) is 37.6 Å². The van der Waals surface area contributed by atoms with Gasteiger partial charge in [-0.25, -0.2) is 9.78 Å². The zero-order valence-electron chi connectivity index (χ0n) is 13.6. The van der Waals surface area contributed by atoms with Crippen molar-refractivity contribution in [2.45, 2.75) is 20.3 Å². The van der Waals surface area contributed by atoms with E-state index in [1.165, 1.54) is 11.3 Å². The molecule has 2 aromatic heterocycles. The summed E-state index contributed by atoms with van der Waals surface area (Å²) in [5.74, 6) is 0.701. The highest BCUT2D eigenvalue weighted by Crippen LogP contribution is 2.27. The molecule has 0 amide bonds. The Morgan fingerprint density at radius 3 is 3.00 bits per heavy atom. The van der Waals surface area contributed by atoms with Crippen molar-refractivity contribution in [3.63, 3.8) is 0 Å². The van der Waals surface area contributed by atoms with E-state index in [0.29, 0.717) is 27.7 Å². The molecule has 24 heavy (non-hydrogen) atoms. The maximum atomic E-state index is 12.2. The average Bonchev–Trinajstić information content (AvgIpc) is 3.07. The second-order valence-corrected chi connectivity index (χ2v) is 6.06. The van der Waals surface area contributed by atoms with Crippen molar-refractivity contribution in [2.75, 3.05) is 12.5 Å². The van der Waals surface area contributed by atoms with E-state index >= 15 is 0 Å². The number of rotatable bonds is 5. The molecule has 0 atom stereocenters. The molecule has 7 heteroatoms. The molecule has 0 saturated heterocycles. The summed E-state index contributed by atoms with van der Waals surface area (Å²) in [5, 5.41) is 7.43. The monoisotopic (exact) mass is 343 g/mol. The SMILES string of the molecule is CCC(C)=NNc1nc(-c2cc3cc(OC)ccc3oc2=O)cs1. The fraction of sp³-hybridized carbons (Fsp3) is 0.235. The molecule has 2 heterocycles. The Kier molecular flexibility index (Phi) is 4.61. The van der Waals surface area contributed by atoms with Crippen molar-refractivity contribution >= 4 is 33.1 Å². The molecule has 0 saturated carbocycles. The van der Waals surface area contributed by atoms with E-state index in [1.54, 1.807) is 30.7 Å². The first kappa shape index (κ1) is 16.2. The molecular formula is C17H17N3O3S. The van der Waals surface area contributed by atoms with Crippen molar-refractivity contribution in [1.29, 1.82) is 0 Å². The number of nitrogens with one attached hydrogen (secondary N) is 1. The number of thiazole rings is 1. The molecule has 0 aliphatic carbocycles. The summed E-state index contributed by atoms with van der Waals surface area (Å²) in [6.45, 7) is 3.97. The highest BCUT2D eigenvalue weighted by molar-refractivity contribution is 7.14. The fourth-order valence-corrected chi connectivity index (χ4v) is 2.73. The lowest BCUT2D eigenvalue weighted by Crippen LogP contribution is -2.03. The van der Waals surface area contributed by atoms with E-state index < -0.39 is 5.63 Å². The quantitative estimate of drug-likeness (QED) is 0.428. The summed E-state index contributed by atoms with van der Waals surface area (Å²) in [5.41, 5.74) is 4.95. The zero-order chi connectivity index (χ0) is 17.1. The van der Waals surface area contributed by atoms with Gasteiger partial charge in [0.2, 0.25) is 5.13 Å². The molecule has 0 aliphatic heterocycles. The molecule has 0 bridgehead atoms. The van der Waals surface area contributed by atoms with E-state index in [9.17, 15) is 4.79 Å². The Morgan fingerprint density at radius 1 is 1.42 bits per heavy atom. The van der Waals surface area contributed by atoms with Crippen LogP contribution in [-0.2, 0) is 0 Å². The lowest BCUT2D eigenvalue weighted by Gasteiger charge is -2.03. The zero-order valence-corrected chi connectivity index (χ0v) is 14.4. The summed E-state index contributed by atoms with van der Waals surface area (Å²) >= 11 is 1.38. The summed E-state index contributed by atoms with van der Waals surface area (Å²) < 4.78 is 10.6. The third-order valence-electron chi connectivity index (χ3n) is 3.57. The molecule has 124 valence electrons. The number of hydrogen-bond acceptors (Lipinski definition) is 7. The predicted octanol–water partition coefficient (Wildman–Crippen LogP) is 4.12. The first-order valence-electron chi connectivity index (χ1n) is 7.47. The van der Waals surface area contributed by atoms with Gasteiger partial charge in [0.1, 0.15) is 11.3 Å². The summed E-state index contributed by atoms with van der Waals surface area (Å²) in [6, 6.07) is 7.06. The van der Waals surface area contributed by atoms with Gasteiger partial charge in [0.05, 0.1) is 18.4 Å². The van der Waals surface area contributed by atoms with Crippen LogP contribution in [-0.4, -0.2) is 17.8 Å². The molecule has 0 radical (unpaired) electrons. The standard InChI is InChI=1S/C17H17N3O3S/c1-4-10(2)19-20-17-18-14(9-24-17)13-8-11-7-12(22-3)5-6-15(11)23-16(13)21/h5-9H,4H2,1-3H3,(H,18,20). The fourth-order valence-electron chi connectivity index (χ4n) is 2.08. The van der Waals surface area contributed by atoms with Gasteiger partial charge in [-0.1, -0.05) is 6.92 Å². The largest absolute Gasteiger partial charge is 0.497 e. The molecule has 3 aromatic rings. The molecule has 1 N–H and O–H groups in total. The minimum atomic E-state index is -0.419. The van der Waals surface area contributed by atoms with Crippen LogP contribution >= 0.6 is 11.3 Å². The Hall–Kier alpha value is -2.67. The maximum Gasteiger partial charge on any atom is 0.345 e. The minimum Gasteiger partial charge on any atom is -0.497 e. The van der Waals surface area contributed by atoms with Crippen LogP contribution in [0.1, 0.15) is 20.3 Å².